The summed E-state index contributed by atoms with van der Waals surface area (Å²) in [5, 5.41) is 2.93. The van der Waals surface area contributed by atoms with Crippen molar-refractivity contribution in [2.24, 2.45) is 0 Å². The zero-order valence-electron chi connectivity index (χ0n) is 17.3. The van der Waals surface area contributed by atoms with Gasteiger partial charge in [-0.2, -0.15) is 0 Å². The second-order valence-corrected chi connectivity index (χ2v) is 7.66. The van der Waals surface area contributed by atoms with Crippen molar-refractivity contribution in [3.63, 3.8) is 0 Å². The van der Waals surface area contributed by atoms with Crippen molar-refractivity contribution < 1.29 is 14.3 Å². The number of anilines is 1. The molecule has 1 N–H and O–H groups in total. The van der Waals surface area contributed by atoms with Crippen LogP contribution in [0.2, 0.25) is 0 Å². The summed E-state index contributed by atoms with van der Waals surface area (Å²) in [6.45, 7) is 5.83. The van der Waals surface area contributed by atoms with Gasteiger partial charge in [-0.05, 0) is 43.2 Å². The fourth-order valence-electron chi connectivity index (χ4n) is 4.08. The molecule has 2 saturated heterocycles. The molecule has 4 rings (SSSR count). The molecule has 0 saturated carbocycles. The van der Waals surface area contributed by atoms with Crippen LogP contribution in [0.4, 0.5) is 15.3 Å². The van der Waals surface area contributed by atoms with Gasteiger partial charge in [0.15, 0.2) is 0 Å². The number of benzene rings is 2. The van der Waals surface area contributed by atoms with Gasteiger partial charge < -0.3 is 24.8 Å². The van der Waals surface area contributed by atoms with Crippen molar-refractivity contribution in [1.82, 2.24) is 14.7 Å². The summed E-state index contributed by atoms with van der Waals surface area (Å²) in [6.07, 6.45) is 0.807. The van der Waals surface area contributed by atoms with E-state index in [0.29, 0.717) is 32.8 Å². The molecule has 2 aromatic rings. The number of nitrogens with zero attached hydrogens (tertiary/aromatic N) is 3. The van der Waals surface area contributed by atoms with Crippen molar-refractivity contribution in [1.29, 1.82) is 0 Å². The van der Waals surface area contributed by atoms with Crippen LogP contribution in [0.1, 0.15) is 18.9 Å². The van der Waals surface area contributed by atoms with Gasteiger partial charge in [0.05, 0.1) is 12.6 Å². The number of hydrogen-bond acceptors (Lipinski definition) is 3. The highest BCUT2D eigenvalue weighted by atomic mass is 16.5. The molecule has 0 bridgehead atoms. The molecule has 2 aliphatic rings. The molecule has 2 aromatic carbocycles. The van der Waals surface area contributed by atoms with E-state index in [2.05, 4.69) is 5.32 Å². The molecule has 2 aliphatic heterocycles. The second kappa shape index (κ2) is 9.07. The topological polar surface area (TPSA) is 65.1 Å². The molecule has 2 fully saturated rings. The lowest BCUT2D eigenvalue weighted by Crippen LogP contribution is -2.42. The van der Waals surface area contributed by atoms with Crippen molar-refractivity contribution in [2.75, 3.05) is 38.1 Å². The van der Waals surface area contributed by atoms with Crippen molar-refractivity contribution in [3.8, 4) is 5.75 Å². The van der Waals surface area contributed by atoms with Crippen LogP contribution < -0.4 is 10.1 Å². The van der Waals surface area contributed by atoms with Gasteiger partial charge in [-0.15, -0.1) is 0 Å². The van der Waals surface area contributed by atoms with E-state index in [1.165, 1.54) is 0 Å². The van der Waals surface area contributed by atoms with Crippen LogP contribution in [-0.4, -0.2) is 65.6 Å². The molecule has 0 spiro atoms. The van der Waals surface area contributed by atoms with E-state index in [0.717, 1.165) is 30.0 Å². The first kappa shape index (κ1) is 20.1. The molecule has 0 aromatic heterocycles. The van der Waals surface area contributed by atoms with Crippen LogP contribution in [0.5, 0.6) is 5.75 Å². The van der Waals surface area contributed by atoms with Crippen LogP contribution in [0.3, 0.4) is 0 Å². The first-order valence-electron chi connectivity index (χ1n) is 10.5. The minimum absolute atomic E-state index is 0.0672. The molecular formula is C23H28N4O3. The number of urea groups is 2. The molecule has 1 atom stereocenters. The number of carbonyl (C=O) groups excluding carboxylic acids is 2. The lowest BCUT2D eigenvalue weighted by Gasteiger charge is -2.25. The van der Waals surface area contributed by atoms with Crippen LogP contribution in [0.25, 0.3) is 0 Å². The zero-order valence-corrected chi connectivity index (χ0v) is 17.3. The van der Waals surface area contributed by atoms with Crippen LogP contribution in [0.15, 0.2) is 54.6 Å². The van der Waals surface area contributed by atoms with Gasteiger partial charge in [-0.3, -0.25) is 0 Å². The third-order valence-electron chi connectivity index (χ3n) is 5.65. The molecule has 0 aliphatic carbocycles. The number of likely N-dealkylation sites (tertiary alicyclic amines) is 1. The number of nitrogens with one attached hydrogen (secondary N) is 1. The SMILES string of the molecule is CCOc1ccc(NC(=O)N2CC[C@H](N3CCN(Cc4ccccc4)C3=O)C2)cc1. The molecule has 30 heavy (non-hydrogen) atoms. The normalized spacial score (nSPS) is 18.8. The molecule has 158 valence electrons. The number of rotatable bonds is 6. The van der Waals surface area contributed by atoms with E-state index in [1.807, 2.05) is 71.3 Å². The molecule has 7 heteroatoms. The smallest absolute Gasteiger partial charge is 0.321 e. The van der Waals surface area contributed by atoms with Gasteiger partial charge >= 0.3 is 12.1 Å². The quantitative estimate of drug-likeness (QED) is 0.794. The Hall–Kier alpha value is -3.22. The fraction of sp³-hybridized carbons (Fsp3) is 0.391. The Bertz CT molecular complexity index is 872. The highest BCUT2D eigenvalue weighted by molar-refractivity contribution is 5.89. The van der Waals surface area contributed by atoms with Crippen molar-refractivity contribution >= 4 is 17.7 Å². The van der Waals surface area contributed by atoms with Gasteiger partial charge in [0.25, 0.3) is 0 Å². The summed E-state index contributed by atoms with van der Waals surface area (Å²) in [4.78, 5) is 31.1. The lowest BCUT2D eigenvalue weighted by molar-refractivity contribution is 0.175. The van der Waals surface area contributed by atoms with Gasteiger partial charge in [0.2, 0.25) is 0 Å². The summed E-state index contributed by atoms with van der Waals surface area (Å²) in [5.74, 6) is 0.782. The summed E-state index contributed by atoms with van der Waals surface area (Å²) >= 11 is 0. The van der Waals surface area contributed by atoms with Crippen LogP contribution >= 0.6 is 0 Å². The minimum Gasteiger partial charge on any atom is -0.494 e. The van der Waals surface area contributed by atoms with Gasteiger partial charge in [-0.25, -0.2) is 9.59 Å². The zero-order chi connectivity index (χ0) is 20.9. The molecule has 0 radical (unpaired) electrons. The first-order chi connectivity index (χ1) is 14.6. The van der Waals surface area contributed by atoms with E-state index in [-0.39, 0.29) is 18.1 Å². The van der Waals surface area contributed by atoms with Gasteiger partial charge in [0, 0.05) is 38.4 Å². The average molecular weight is 409 g/mol. The standard InChI is InChI=1S/C23H28N4O3/c1-2-30-21-10-8-19(9-11-21)24-22(28)25-13-12-20(17-25)27-15-14-26(23(27)29)16-18-6-4-3-5-7-18/h3-11,20H,2,12-17H2,1H3,(H,24,28)/t20-/m0/s1. The van der Waals surface area contributed by atoms with Crippen LogP contribution in [-0.2, 0) is 6.54 Å². The van der Waals surface area contributed by atoms with E-state index >= 15 is 0 Å². The Kier molecular flexibility index (Phi) is 6.07. The fourth-order valence-corrected chi connectivity index (χ4v) is 4.08. The Morgan fingerprint density at radius 3 is 2.57 bits per heavy atom. The molecule has 4 amide bonds. The predicted molar refractivity (Wildman–Crippen MR) is 116 cm³/mol. The monoisotopic (exact) mass is 408 g/mol. The maximum Gasteiger partial charge on any atom is 0.321 e. The van der Waals surface area contributed by atoms with Crippen molar-refractivity contribution in [3.05, 3.63) is 60.2 Å². The highest BCUT2D eigenvalue weighted by Crippen LogP contribution is 2.23. The Morgan fingerprint density at radius 1 is 1.07 bits per heavy atom. The van der Waals surface area contributed by atoms with Crippen molar-refractivity contribution in [2.45, 2.75) is 25.9 Å². The molecule has 2 heterocycles. The third kappa shape index (κ3) is 4.50. The minimum atomic E-state index is -0.130. The largest absolute Gasteiger partial charge is 0.494 e. The Balaban J connectivity index is 1.29. The predicted octanol–water partition coefficient (Wildman–Crippen LogP) is 3.63. The van der Waals surface area contributed by atoms with Crippen LogP contribution in [0, 0.1) is 0 Å². The highest BCUT2D eigenvalue weighted by Gasteiger charge is 2.38. The van der Waals surface area contributed by atoms with Gasteiger partial charge in [0.1, 0.15) is 5.75 Å². The maximum atomic E-state index is 12.9. The second-order valence-electron chi connectivity index (χ2n) is 7.66. The third-order valence-corrected chi connectivity index (χ3v) is 5.65. The Labute approximate surface area is 177 Å². The lowest BCUT2D eigenvalue weighted by atomic mass is 10.2. The molecule has 7 nitrogen and oxygen atoms in total. The van der Waals surface area contributed by atoms with E-state index < -0.39 is 0 Å². The summed E-state index contributed by atoms with van der Waals surface area (Å²) in [6, 6.07) is 17.4. The molecular weight excluding hydrogens is 380 g/mol. The Morgan fingerprint density at radius 2 is 1.83 bits per heavy atom. The number of hydrogen-bond donors (Lipinski definition) is 1. The van der Waals surface area contributed by atoms with E-state index in [9.17, 15) is 9.59 Å². The summed E-state index contributed by atoms with van der Waals surface area (Å²) in [7, 11) is 0. The van der Waals surface area contributed by atoms with E-state index in [4.69, 9.17) is 4.74 Å². The summed E-state index contributed by atoms with van der Waals surface area (Å²) < 4.78 is 5.43. The van der Waals surface area contributed by atoms with Gasteiger partial charge in [-0.1, -0.05) is 30.3 Å². The number of amides is 4. The molecule has 0 unspecified atom stereocenters. The number of carbonyl (C=O) groups is 2. The maximum absolute atomic E-state index is 12.9. The summed E-state index contributed by atoms with van der Waals surface area (Å²) in [5.41, 5.74) is 1.87. The first-order valence-corrected chi connectivity index (χ1v) is 10.5. The van der Waals surface area contributed by atoms with E-state index in [1.54, 1.807) is 4.90 Å². The average Bonchev–Trinajstić information content (AvgIpc) is 3.38. The number of ether oxygens (including phenoxy) is 1.